The van der Waals surface area contributed by atoms with Gasteiger partial charge >= 0.3 is 11.9 Å². The Labute approximate surface area is 200 Å². The summed E-state index contributed by atoms with van der Waals surface area (Å²) in [6, 6.07) is -0.375. The number of carbonyl (C=O) groups is 5. The molecule has 0 aliphatic carbocycles. The Bertz CT molecular complexity index is 906. The minimum atomic E-state index is -1.63. The second kappa shape index (κ2) is 13.8. The molecule has 5 unspecified atom stereocenters. The van der Waals surface area contributed by atoms with Crippen LogP contribution in [0.2, 0.25) is 0 Å². The van der Waals surface area contributed by atoms with Crippen molar-refractivity contribution in [2.75, 3.05) is 6.61 Å². The van der Waals surface area contributed by atoms with Gasteiger partial charge in [0.25, 0.3) is 0 Å². The highest BCUT2D eigenvalue weighted by atomic mass is 16.4. The highest BCUT2D eigenvalue weighted by Crippen LogP contribution is 2.11. The number of carboxylic acid groups (broad SMARTS) is 2. The predicted molar refractivity (Wildman–Crippen MR) is 119 cm³/mol. The number of hydrogen-bond donors (Lipinski definition) is 9. The number of aliphatic hydroxyl groups is 2. The molecule has 0 aliphatic rings. The molecular weight excluding hydrogens is 468 g/mol. The second-order valence-electron chi connectivity index (χ2n) is 7.77. The number of amides is 3. The summed E-state index contributed by atoms with van der Waals surface area (Å²) in [7, 11) is 0. The van der Waals surface area contributed by atoms with Gasteiger partial charge in [0.2, 0.25) is 17.7 Å². The van der Waals surface area contributed by atoms with Crippen LogP contribution in [0.25, 0.3) is 0 Å². The molecule has 35 heavy (non-hydrogen) atoms. The number of hydrogen-bond acceptors (Lipinski definition) is 9. The van der Waals surface area contributed by atoms with Gasteiger partial charge in [0.1, 0.15) is 29.9 Å². The maximum absolute atomic E-state index is 12.6. The van der Waals surface area contributed by atoms with E-state index in [9.17, 15) is 44.4 Å². The maximum Gasteiger partial charge on any atom is 0.326 e. The van der Waals surface area contributed by atoms with E-state index in [1.165, 1.54) is 31.2 Å². The second-order valence-corrected chi connectivity index (χ2v) is 7.77. The Hall–Kier alpha value is -3.75. The van der Waals surface area contributed by atoms with E-state index in [0.717, 1.165) is 0 Å². The minimum Gasteiger partial charge on any atom is -0.508 e. The first-order valence-corrected chi connectivity index (χ1v) is 10.5. The van der Waals surface area contributed by atoms with Gasteiger partial charge < -0.3 is 47.2 Å². The van der Waals surface area contributed by atoms with Gasteiger partial charge in [0.15, 0.2) is 0 Å². The molecule has 0 radical (unpaired) electrons. The van der Waals surface area contributed by atoms with Gasteiger partial charge in [-0.25, -0.2) is 4.79 Å². The number of phenols is 1. The molecule has 0 spiro atoms. The fraction of sp³-hybridized carbons (Fsp3) is 0.476. The van der Waals surface area contributed by atoms with E-state index in [-0.39, 0.29) is 12.2 Å². The lowest BCUT2D eigenvalue weighted by molar-refractivity contribution is -0.142. The summed E-state index contributed by atoms with van der Waals surface area (Å²) in [5.74, 6) is -5.73. The van der Waals surface area contributed by atoms with Crippen molar-refractivity contribution in [1.29, 1.82) is 0 Å². The highest BCUT2D eigenvalue weighted by molar-refractivity contribution is 5.94. The molecule has 5 atom stereocenters. The third-order valence-corrected chi connectivity index (χ3v) is 4.91. The van der Waals surface area contributed by atoms with E-state index < -0.39 is 79.4 Å². The van der Waals surface area contributed by atoms with Crippen LogP contribution in [0.15, 0.2) is 24.3 Å². The maximum atomic E-state index is 12.6. The van der Waals surface area contributed by atoms with Crippen molar-refractivity contribution in [3.63, 3.8) is 0 Å². The monoisotopic (exact) mass is 498 g/mol. The molecule has 14 nitrogen and oxygen atoms in total. The van der Waals surface area contributed by atoms with Crippen LogP contribution in [0.1, 0.15) is 25.3 Å². The number of rotatable bonds is 14. The van der Waals surface area contributed by atoms with E-state index in [1.807, 2.05) is 0 Å². The molecule has 1 aromatic carbocycles. The molecule has 1 rings (SSSR count). The highest BCUT2D eigenvalue weighted by Gasteiger charge is 2.31. The van der Waals surface area contributed by atoms with Gasteiger partial charge in [-0.2, -0.15) is 0 Å². The lowest BCUT2D eigenvalue weighted by atomic mass is 10.0. The third kappa shape index (κ3) is 9.95. The van der Waals surface area contributed by atoms with E-state index in [0.29, 0.717) is 5.56 Å². The number of carbonyl (C=O) groups excluding carboxylic acids is 3. The lowest BCUT2D eigenvalue weighted by Crippen LogP contribution is -2.59. The largest absolute Gasteiger partial charge is 0.508 e. The molecule has 0 aliphatic heterocycles. The molecule has 10 N–H and O–H groups in total. The van der Waals surface area contributed by atoms with Gasteiger partial charge in [0, 0.05) is 12.8 Å². The number of aromatic hydroxyl groups is 1. The van der Waals surface area contributed by atoms with Gasteiger partial charge in [-0.3, -0.25) is 19.2 Å². The number of carboxylic acids is 2. The lowest BCUT2D eigenvalue weighted by Gasteiger charge is -2.24. The quantitative estimate of drug-likeness (QED) is 0.125. The fourth-order valence-corrected chi connectivity index (χ4v) is 2.83. The van der Waals surface area contributed by atoms with Crippen LogP contribution in [0.5, 0.6) is 5.75 Å². The van der Waals surface area contributed by atoms with Crippen molar-refractivity contribution in [3.8, 4) is 5.75 Å². The van der Waals surface area contributed by atoms with E-state index >= 15 is 0 Å². The summed E-state index contributed by atoms with van der Waals surface area (Å²) in [4.78, 5) is 59.8. The molecule has 0 bridgehead atoms. The van der Waals surface area contributed by atoms with Gasteiger partial charge in [-0.1, -0.05) is 12.1 Å². The number of nitrogens with two attached hydrogens (primary N) is 1. The first-order chi connectivity index (χ1) is 16.3. The van der Waals surface area contributed by atoms with Crippen LogP contribution >= 0.6 is 0 Å². The summed E-state index contributed by atoms with van der Waals surface area (Å²) in [5.41, 5.74) is 5.99. The molecule has 3 amide bonds. The smallest absolute Gasteiger partial charge is 0.326 e. The molecule has 14 heteroatoms. The normalized spacial score (nSPS) is 15.1. The van der Waals surface area contributed by atoms with Crippen molar-refractivity contribution in [2.45, 2.75) is 56.5 Å². The average Bonchev–Trinajstić information content (AvgIpc) is 2.79. The first-order valence-electron chi connectivity index (χ1n) is 10.5. The van der Waals surface area contributed by atoms with Crippen LogP contribution in [-0.2, 0) is 30.4 Å². The number of benzene rings is 1. The zero-order chi connectivity index (χ0) is 26.7. The Morgan fingerprint density at radius 2 is 1.40 bits per heavy atom. The van der Waals surface area contributed by atoms with Gasteiger partial charge in [-0.15, -0.1) is 0 Å². The summed E-state index contributed by atoms with van der Waals surface area (Å²) < 4.78 is 0. The molecule has 0 aromatic heterocycles. The summed E-state index contributed by atoms with van der Waals surface area (Å²) in [6.07, 6.45) is -2.36. The number of nitrogens with one attached hydrogen (secondary N) is 3. The molecule has 0 saturated heterocycles. The molecule has 0 saturated carbocycles. The number of aliphatic hydroxyl groups excluding tert-OH is 2. The fourth-order valence-electron chi connectivity index (χ4n) is 2.83. The van der Waals surface area contributed by atoms with Crippen molar-refractivity contribution in [1.82, 2.24) is 16.0 Å². The van der Waals surface area contributed by atoms with Crippen LogP contribution in [0, 0.1) is 0 Å². The molecule has 1 aromatic rings. The number of phenolic OH excluding ortho intramolecular Hbond substituents is 1. The SMILES string of the molecule is CC(O)C(N)C(=O)NC(CCC(=O)O)C(=O)NC(CO)C(=O)NC(Cc1ccc(O)cc1)C(=O)O. The minimum absolute atomic E-state index is 0.0355. The zero-order valence-corrected chi connectivity index (χ0v) is 18.9. The number of aliphatic carboxylic acids is 2. The molecular formula is C21H30N4O10. The van der Waals surface area contributed by atoms with Gasteiger partial charge in [0.05, 0.1) is 12.7 Å². The van der Waals surface area contributed by atoms with Crippen molar-refractivity contribution < 1.29 is 49.5 Å². The zero-order valence-electron chi connectivity index (χ0n) is 18.9. The van der Waals surface area contributed by atoms with Crippen LogP contribution in [-0.4, -0.2) is 92.1 Å². The van der Waals surface area contributed by atoms with E-state index in [4.69, 9.17) is 10.8 Å². The van der Waals surface area contributed by atoms with E-state index in [2.05, 4.69) is 16.0 Å². The third-order valence-electron chi connectivity index (χ3n) is 4.91. The van der Waals surface area contributed by atoms with Crippen LogP contribution in [0.4, 0.5) is 0 Å². The van der Waals surface area contributed by atoms with Gasteiger partial charge in [-0.05, 0) is 31.0 Å². The Kier molecular flexibility index (Phi) is 11.6. The van der Waals surface area contributed by atoms with Crippen LogP contribution < -0.4 is 21.7 Å². The first kappa shape index (κ1) is 29.3. The topological polar surface area (TPSA) is 249 Å². The summed E-state index contributed by atoms with van der Waals surface area (Å²) in [6.45, 7) is 0.301. The summed E-state index contributed by atoms with van der Waals surface area (Å²) >= 11 is 0. The average molecular weight is 498 g/mol. The Balaban J connectivity index is 2.91. The molecule has 194 valence electrons. The molecule has 0 heterocycles. The Morgan fingerprint density at radius 1 is 0.886 bits per heavy atom. The predicted octanol–water partition coefficient (Wildman–Crippen LogP) is -2.96. The van der Waals surface area contributed by atoms with E-state index in [1.54, 1.807) is 0 Å². The van der Waals surface area contributed by atoms with Crippen molar-refractivity contribution >= 4 is 29.7 Å². The van der Waals surface area contributed by atoms with Crippen molar-refractivity contribution in [3.05, 3.63) is 29.8 Å². The Morgan fingerprint density at radius 3 is 1.89 bits per heavy atom. The van der Waals surface area contributed by atoms with Crippen LogP contribution in [0.3, 0.4) is 0 Å². The van der Waals surface area contributed by atoms with Crippen molar-refractivity contribution in [2.24, 2.45) is 5.73 Å². The molecule has 0 fully saturated rings. The summed E-state index contributed by atoms with van der Waals surface area (Å²) in [5, 5.41) is 53.2. The standard InChI is InChI=1S/C21H30N4O10/c1-10(27)17(22)20(33)23-13(6-7-16(29)30)18(31)25-15(9-26)19(32)24-14(21(34)35)8-11-2-4-12(28)5-3-11/h2-5,10,13-15,17,26-28H,6-9,22H2,1H3,(H,23,33)(H,24,32)(H,25,31)(H,29,30)(H,34,35).